The molecule has 0 spiro atoms. The van der Waals surface area contributed by atoms with Crippen molar-refractivity contribution in [1.29, 1.82) is 0 Å². The number of hydrogen-bond donors (Lipinski definition) is 1. The smallest absolute Gasteiger partial charge is 0.410 e. The van der Waals surface area contributed by atoms with Crippen LogP contribution in [0.4, 0.5) is 4.79 Å². The fourth-order valence-electron chi connectivity index (χ4n) is 2.07. The van der Waals surface area contributed by atoms with E-state index < -0.39 is 17.7 Å². The number of hydrogen-bond acceptors (Lipinski definition) is 6. The molecule has 8 heteroatoms. The Bertz CT molecular complexity index is 618. The number of carboxylic acid groups (broad SMARTS) is 1. The first-order valence-corrected chi connectivity index (χ1v) is 8.48. The Balaban J connectivity index is 2.86. The minimum absolute atomic E-state index is 0.0189. The number of carbonyl (C=O) groups is 3. The highest BCUT2D eigenvalue weighted by atomic mass is 32.1. The Labute approximate surface area is 145 Å². The van der Waals surface area contributed by atoms with Crippen LogP contribution in [0.2, 0.25) is 0 Å². The first-order valence-electron chi connectivity index (χ1n) is 7.60. The zero-order chi connectivity index (χ0) is 18.7. The normalized spacial score (nSPS) is 12.8. The van der Waals surface area contributed by atoms with Crippen LogP contribution in [0.3, 0.4) is 0 Å². The van der Waals surface area contributed by atoms with Gasteiger partial charge >= 0.3 is 12.1 Å². The molecule has 1 heterocycles. The van der Waals surface area contributed by atoms with Crippen molar-refractivity contribution in [2.24, 2.45) is 5.92 Å². The Kier molecular flexibility index (Phi) is 6.48. The molecule has 134 valence electrons. The molecule has 0 unspecified atom stereocenters. The van der Waals surface area contributed by atoms with Crippen molar-refractivity contribution in [3.05, 3.63) is 16.1 Å². The second-order valence-electron chi connectivity index (χ2n) is 6.87. The van der Waals surface area contributed by atoms with Crippen LogP contribution in [0.1, 0.15) is 61.3 Å². The molecular weight excluding hydrogens is 332 g/mol. The van der Waals surface area contributed by atoms with Crippen LogP contribution in [0.15, 0.2) is 5.38 Å². The lowest BCUT2D eigenvalue weighted by atomic mass is 9.97. The lowest BCUT2D eigenvalue weighted by Crippen LogP contribution is -2.44. The second-order valence-corrected chi connectivity index (χ2v) is 7.73. The number of ketones is 1. The number of carbonyl (C=O) groups excluding carboxylic acids is 2. The quantitative estimate of drug-likeness (QED) is 0.786. The molecule has 0 aromatic carbocycles. The summed E-state index contributed by atoms with van der Waals surface area (Å²) in [6, 6.07) is -0.371. The van der Waals surface area contributed by atoms with Crippen LogP contribution in [-0.2, 0) is 4.74 Å². The van der Waals surface area contributed by atoms with Crippen molar-refractivity contribution in [3.63, 3.8) is 0 Å². The minimum atomic E-state index is -1.17. The predicted molar refractivity (Wildman–Crippen MR) is 90.6 cm³/mol. The van der Waals surface area contributed by atoms with E-state index in [1.165, 1.54) is 10.3 Å². The molecule has 0 aliphatic rings. The van der Waals surface area contributed by atoms with Gasteiger partial charge in [-0.25, -0.2) is 14.6 Å². The van der Waals surface area contributed by atoms with Crippen molar-refractivity contribution in [2.75, 3.05) is 7.05 Å². The summed E-state index contributed by atoms with van der Waals surface area (Å²) in [5, 5.41) is 10.3. The maximum atomic E-state index is 12.4. The third-order valence-electron chi connectivity index (χ3n) is 3.30. The lowest BCUT2D eigenvalue weighted by Gasteiger charge is -2.32. The Morgan fingerprint density at radius 1 is 1.33 bits per heavy atom. The van der Waals surface area contributed by atoms with Crippen molar-refractivity contribution < 1.29 is 24.2 Å². The molecule has 1 rings (SSSR count). The third kappa shape index (κ3) is 5.59. The summed E-state index contributed by atoms with van der Waals surface area (Å²) in [4.78, 5) is 40.7. The molecule has 1 aromatic rings. The highest BCUT2D eigenvalue weighted by molar-refractivity contribution is 7.11. The van der Waals surface area contributed by atoms with Crippen LogP contribution in [0.5, 0.6) is 0 Å². The first kappa shape index (κ1) is 20.1. The van der Waals surface area contributed by atoms with E-state index in [-0.39, 0.29) is 34.9 Å². The van der Waals surface area contributed by atoms with E-state index in [4.69, 9.17) is 9.84 Å². The molecule has 0 saturated carbocycles. The fourth-order valence-corrected chi connectivity index (χ4v) is 2.81. The van der Waals surface area contributed by atoms with Gasteiger partial charge in [0.05, 0.1) is 0 Å². The van der Waals surface area contributed by atoms with Gasteiger partial charge in [0.1, 0.15) is 5.60 Å². The van der Waals surface area contributed by atoms with E-state index in [2.05, 4.69) is 4.98 Å². The van der Waals surface area contributed by atoms with Gasteiger partial charge in [0.25, 0.3) is 0 Å². The van der Waals surface area contributed by atoms with Gasteiger partial charge in [-0.3, -0.25) is 4.79 Å². The summed E-state index contributed by atoms with van der Waals surface area (Å²) in [7, 11) is 1.59. The number of nitrogens with zero attached hydrogens (tertiary/aromatic N) is 2. The molecule has 0 fully saturated rings. The van der Waals surface area contributed by atoms with Crippen LogP contribution in [0.25, 0.3) is 0 Å². The summed E-state index contributed by atoms with van der Waals surface area (Å²) in [6.45, 7) is 9.14. The number of amides is 1. The molecule has 1 N–H and O–H groups in total. The van der Waals surface area contributed by atoms with Gasteiger partial charge < -0.3 is 14.7 Å². The average Bonchev–Trinajstić information content (AvgIpc) is 2.91. The first-order chi connectivity index (χ1) is 10.9. The Morgan fingerprint density at radius 3 is 2.33 bits per heavy atom. The van der Waals surface area contributed by atoms with Gasteiger partial charge in [-0.15, -0.1) is 11.3 Å². The zero-order valence-electron chi connectivity index (χ0n) is 14.8. The molecule has 0 aliphatic heterocycles. The van der Waals surface area contributed by atoms with Crippen molar-refractivity contribution in [3.8, 4) is 0 Å². The monoisotopic (exact) mass is 356 g/mol. The van der Waals surface area contributed by atoms with Gasteiger partial charge in [-0.05, 0) is 26.7 Å². The van der Waals surface area contributed by atoms with Gasteiger partial charge in [-0.1, -0.05) is 13.8 Å². The van der Waals surface area contributed by atoms with E-state index in [0.717, 1.165) is 11.3 Å². The van der Waals surface area contributed by atoms with Crippen LogP contribution < -0.4 is 0 Å². The topological polar surface area (TPSA) is 96.8 Å². The molecular formula is C16H24N2O5S. The number of aromatic carboxylic acids is 1. The van der Waals surface area contributed by atoms with E-state index in [1.807, 2.05) is 13.8 Å². The SMILES string of the molecule is CC(C)[C@H](CC(=O)c1nc(C(=O)O)cs1)N(C)C(=O)OC(C)(C)C. The maximum Gasteiger partial charge on any atom is 0.410 e. The van der Waals surface area contributed by atoms with Crippen molar-refractivity contribution in [1.82, 2.24) is 9.88 Å². The number of ether oxygens (including phenoxy) is 1. The summed E-state index contributed by atoms with van der Waals surface area (Å²) in [5.74, 6) is -1.44. The molecule has 0 aliphatic carbocycles. The molecule has 24 heavy (non-hydrogen) atoms. The van der Waals surface area contributed by atoms with Crippen molar-refractivity contribution >= 4 is 29.2 Å². The largest absolute Gasteiger partial charge is 0.476 e. The Hall–Kier alpha value is -1.96. The van der Waals surface area contributed by atoms with E-state index in [0.29, 0.717) is 0 Å². The summed E-state index contributed by atoms with van der Waals surface area (Å²) in [5.41, 5.74) is -0.771. The maximum absolute atomic E-state index is 12.4. The highest BCUT2D eigenvalue weighted by Crippen LogP contribution is 2.21. The number of thiazole rings is 1. The minimum Gasteiger partial charge on any atom is -0.476 e. The van der Waals surface area contributed by atoms with Crippen molar-refractivity contribution in [2.45, 2.75) is 52.7 Å². The van der Waals surface area contributed by atoms with Crippen LogP contribution in [0, 0.1) is 5.92 Å². The molecule has 1 atom stereocenters. The number of rotatable bonds is 6. The van der Waals surface area contributed by atoms with Gasteiger partial charge in [0, 0.05) is 24.9 Å². The molecule has 7 nitrogen and oxygen atoms in total. The summed E-state index contributed by atoms with van der Waals surface area (Å²) >= 11 is 0.994. The highest BCUT2D eigenvalue weighted by Gasteiger charge is 2.30. The third-order valence-corrected chi connectivity index (χ3v) is 4.19. The lowest BCUT2D eigenvalue weighted by molar-refractivity contribution is 0.0173. The van der Waals surface area contributed by atoms with Gasteiger partial charge in [-0.2, -0.15) is 0 Å². The van der Waals surface area contributed by atoms with Crippen LogP contribution in [-0.4, -0.2) is 51.5 Å². The Morgan fingerprint density at radius 2 is 1.92 bits per heavy atom. The van der Waals surface area contributed by atoms with Gasteiger partial charge in [0.2, 0.25) is 0 Å². The zero-order valence-corrected chi connectivity index (χ0v) is 15.6. The van der Waals surface area contributed by atoms with Gasteiger partial charge in [0.15, 0.2) is 16.5 Å². The molecule has 0 bridgehead atoms. The predicted octanol–water partition coefficient (Wildman–Crippen LogP) is 3.31. The molecule has 0 radical (unpaired) electrons. The summed E-state index contributed by atoms with van der Waals surface area (Å²) < 4.78 is 5.34. The fraction of sp³-hybridized carbons (Fsp3) is 0.625. The van der Waals surface area contributed by atoms with E-state index >= 15 is 0 Å². The van der Waals surface area contributed by atoms with E-state index in [1.54, 1.807) is 27.8 Å². The second kappa shape index (κ2) is 7.74. The molecule has 1 amide bonds. The number of aromatic nitrogens is 1. The number of Topliss-reactive ketones (excluding diaryl/α,β-unsaturated/α-hetero) is 1. The molecule has 0 saturated heterocycles. The number of carboxylic acids is 1. The van der Waals surface area contributed by atoms with E-state index in [9.17, 15) is 14.4 Å². The van der Waals surface area contributed by atoms with Crippen LogP contribution >= 0.6 is 11.3 Å². The molecule has 1 aromatic heterocycles. The summed E-state index contributed by atoms with van der Waals surface area (Å²) in [6.07, 6.45) is -0.445. The standard InChI is InChI=1S/C16H24N2O5S/c1-9(2)11(18(6)15(22)23-16(3,4)5)7-12(19)13-17-10(8-24-13)14(20)21/h8-9,11H,7H2,1-6H3,(H,20,21)/t11-/m0/s1. The average molecular weight is 356 g/mol.